The lowest BCUT2D eigenvalue weighted by molar-refractivity contribution is -0.146. The Bertz CT molecular complexity index is 558. The quantitative estimate of drug-likeness (QED) is 0.870. The molecule has 2 aromatic carbocycles. The van der Waals surface area contributed by atoms with Gasteiger partial charge in [-0.15, -0.1) is 0 Å². The molecule has 0 bridgehead atoms. The van der Waals surface area contributed by atoms with Crippen LogP contribution in [-0.2, 0) is 4.79 Å². The number of carboxylic acid groups (broad SMARTS) is 1. The second-order valence-corrected chi connectivity index (χ2v) is 4.23. The van der Waals surface area contributed by atoms with Crippen LogP contribution in [0.1, 0.15) is 17.2 Å². The highest BCUT2D eigenvalue weighted by Crippen LogP contribution is 2.22. The average molecular weight is 242 g/mol. The van der Waals surface area contributed by atoms with E-state index < -0.39 is 12.1 Å². The molecule has 18 heavy (non-hydrogen) atoms. The second kappa shape index (κ2) is 5.02. The fraction of sp³-hybridized carbons (Fsp3) is 0.133. The molecule has 92 valence electrons. The van der Waals surface area contributed by atoms with Gasteiger partial charge in [-0.1, -0.05) is 54.1 Å². The van der Waals surface area contributed by atoms with E-state index >= 15 is 0 Å². The van der Waals surface area contributed by atoms with Crippen LogP contribution in [0.3, 0.4) is 0 Å². The van der Waals surface area contributed by atoms with Crippen molar-refractivity contribution in [3.8, 4) is 11.1 Å². The highest BCUT2D eigenvalue weighted by atomic mass is 16.4. The molecule has 1 atom stereocenters. The predicted octanol–water partition coefficient (Wildman–Crippen LogP) is 2.78. The lowest BCUT2D eigenvalue weighted by atomic mass is 10.0. The number of aliphatic hydroxyl groups excluding tert-OH is 1. The molecule has 0 saturated heterocycles. The minimum Gasteiger partial charge on any atom is -0.479 e. The molecule has 0 aliphatic heterocycles. The normalized spacial score (nSPS) is 12.1. The maximum absolute atomic E-state index is 10.6. The molecule has 3 heteroatoms. The number of carboxylic acids is 1. The van der Waals surface area contributed by atoms with E-state index in [0.29, 0.717) is 5.56 Å². The first-order valence-electron chi connectivity index (χ1n) is 5.66. The Morgan fingerprint density at radius 2 is 1.72 bits per heavy atom. The Morgan fingerprint density at radius 3 is 2.28 bits per heavy atom. The molecule has 0 aliphatic carbocycles. The summed E-state index contributed by atoms with van der Waals surface area (Å²) in [5.41, 5.74) is 3.63. The minimum atomic E-state index is -1.46. The van der Waals surface area contributed by atoms with E-state index in [4.69, 9.17) is 5.11 Å². The van der Waals surface area contributed by atoms with Crippen molar-refractivity contribution < 1.29 is 15.0 Å². The largest absolute Gasteiger partial charge is 0.479 e. The van der Waals surface area contributed by atoms with E-state index in [1.807, 2.05) is 37.3 Å². The number of benzene rings is 2. The van der Waals surface area contributed by atoms with Gasteiger partial charge in [-0.25, -0.2) is 4.79 Å². The number of aliphatic hydroxyl groups is 1. The first-order valence-corrected chi connectivity index (χ1v) is 5.66. The molecule has 2 rings (SSSR count). The van der Waals surface area contributed by atoms with Crippen molar-refractivity contribution in [1.29, 1.82) is 0 Å². The first kappa shape index (κ1) is 12.3. The first-order chi connectivity index (χ1) is 8.58. The lowest BCUT2D eigenvalue weighted by Gasteiger charge is -2.07. The maximum Gasteiger partial charge on any atom is 0.337 e. The standard InChI is InChI=1S/C15H14O3/c1-10-3-2-4-13(9-10)11-5-7-12(8-6-11)14(16)15(17)18/h2-9,14,16H,1H3,(H,17,18). The molecule has 0 saturated carbocycles. The van der Waals surface area contributed by atoms with Crippen molar-refractivity contribution in [2.45, 2.75) is 13.0 Å². The Morgan fingerprint density at radius 1 is 1.06 bits per heavy atom. The minimum absolute atomic E-state index is 0.388. The zero-order valence-corrected chi connectivity index (χ0v) is 10.00. The summed E-state index contributed by atoms with van der Waals surface area (Å²) >= 11 is 0. The van der Waals surface area contributed by atoms with E-state index in [0.717, 1.165) is 11.1 Å². The van der Waals surface area contributed by atoms with Crippen molar-refractivity contribution in [3.05, 3.63) is 59.7 Å². The van der Waals surface area contributed by atoms with Crippen LogP contribution < -0.4 is 0 Å². The maximum atomic E-state index is 10.6. The summed E-state index contributed by atoms with van der Waals surface area (Å²) in [4.78, 5) is 10.6. The van der Waals surface area contributed by atoms with Gasteiger partial charge in [-0.3, -0.25) is 0 Å². The molecule has 2 N–H and O–H groups in total. The molecule has 0 heterocycles. The monoisotopic (exact) mass is 242 g/mol. The topological polar surface area (TPSA) is 57.5 Å². The summed E-state index contributed by atoms with van der Waals surface area (Å²) < 4.78 is 0. The van der Waals surface area contributed by atoms with Crippen molar-refractivity contribution >= 4 is 5.97 Å². The lowest BCUT2D eigenvalue weighted by Crippen LogP contribution is -2.10. The zero-order valence-electron chi connectivity index (χ0n) is 10.00. The Labute approximate surface area is 105 Å². The molecule has 0 aliphatic rings. The third-order valence-electron chi connectivity index (χ3n) is 2.81. The van der Waals surface area contributed by atoms with Crippen molar-refractivity contribution in [2.24, 2.45) is 0 Å². The number of hydrogen-bond acceptors (Lipinski definition) is 2. The van der Waals surface area contributed by atoms with Gasteiger partial charge in [0.15, 0.2) is 6.10 Å². The summed E-state index contributed by atoms with van der Waals surface area (Å²) in [5, 5.41) is 18.1. The van der Waals surface area contributed by atoms with Crippen LogP contribution in [-0.4, -0.2) is 16.2 Å². The van der Waals surface area contributed by atoms with Crippen LogP contribution in [0.15, 0.2) is 48.5 Å². The highest BCUT2D eigenvalue weighted by Gasteiger charge is 2.15. The predicted molar refractivity (Wildman–Crippen MR) is 69.2 cm³/mol. The van der Waals surface area contributed by atoms with Crippen molar-refractivity contribution in [2.75, 3.05) is 0 Å². The van der Waals surface area contributed by atoms with Crippen LogP contribution in [0.2, 0.25) is 0 Å². The van der Waals surface area contributed by atoms with Gasteiger partial charge in [-0.2, -0.15) is 0 Å². The van der Waals surface area contributed by atoms with Crippen LogP contribution in [0, 0.1) is 6.92 Å². The number of rotatable bonds is 3. The third-order valence-corrected chi connectivity index (χ3v) is 2.81. The van der Waals surface area contributed by atoms with Crippen LogP contribution in [0.25, 0.3) is 11.1 Å². The molecule has 0 aromatic heterocycles. The average Bonchev–Trinajstić information content (AvgIpc) is 2.38. The molecular formula is C15H14O3. The van der Waals surface area contributed by atoms with Crippen molar-refractivity contribution in [1.82, 2.24) is 0 Å². The summed E-state index contributed by atoms with van der Waals surface area (Å²) in [7, 11) is 0. The molecule has 3 nitrogen and oxygen atoms in total. The fourth-order valence-corrected chi connectivity index (χ4v) is 1.83. The van der Waals surface area contributed by atoms with Gasteiger partial charge in [0.1, 0.15) is 0 Å². The van der Waals surface area contributed by atoms with Gasteiger partial charge in [0.2, 0.25) is 0 Å². The van der Waals surface area contributed by atoms with E-state index in [-0.39, 0.29) is 0 Å². The fourth-order valence-electron chi connectivity index (χ4n) is 1.83. The van der Waals surface area contributed by atoms with Gasteiger partial charge in [0, 0.05) is 0 Å². The summed E-state index contributed by atoms with van der Waals surface area (Å²) in [6, 6.07) is 15.0. The molecule has 0 fully saturated rings. The Hall–Kier alpha value is -2.13. The van der Waals surface area contributed by atoms with Crippen LogP contribution in [0.4, 0.5) is 0 Å². The highest BCUT2D eigenvalue weighted by molar-refractivity contribution is 5.74. The molecule has 0 spiro atoms. The van der Waals surface area contributed by atoms with E-state index in [9.17, 15) is 9.90 Å². The zero-order chi connectivity index (χ0) is 13.1. The molecule has 0 radical (unpaired) electrons. The SMILES string of the molecule is Cc1cccc(-c2ccc(C(O)C(=O)O)cc2)c1. The van der Waals surface area contributed by atoms with E-state index in [1.165, 1.54) is 5.56 Å². The van der Waals surface area contributed by atoms with Crippen molar-refractivity contribution in [3.63, 3.8) is 0 Å². The smallest absolute Gasteiger partial charge is 0.337 e. The number of aliphatic carboxylic acids is 1. The van der Waals surface area contributed by atoms with E-state index in [2.05, 4.69) is 6.07 Å². The number of aryl methyl sites for hydroxylation is 1. The summed E-state index contributed by atoms with van der Waals surface area (Å²) in [6.45, 7) is 2.02. The third kappa shape index (κ3) is 2.57. The molecule has 1 unspecified atom stereocenters. The molecule has 0 amide bonds. The Balaban J connectivity index is 2.30. The van der Waals surface area contributed by atoms with Crippen LogP contribution in [0.5, 0.6) is 0 Å². The van der Waals surface area contributed by atoms with Gasteiger partial charge in [0.05, 0.1) is 0 Å². The van der Waals surface area contributed by atoms with E-state index in [1.54, 1.807) is 12.1 Å². The number of hydrogen-bond donors (Lipinski definition) is 2. The molecular weight excluding hydrogens is 228 g/mol. The van der Waals surface area contributed by atoms with Gasteiger partial charge in [0.25, 0.3) is 0 Å². The van der Waals surface area contributed by atoms with Gasteiger partial charge >= 0.3 is 5.97 Å². The van der Waals surface area contributed by atoms with Crippen LogP contribution >= 0.6 is 0 Å². The Kier molecular flexibility index (Phi) is 3.44. The molecule has 2 aromatic rings. The van der Waals surface area contributed by atoms with Gasteiger partial charge < -0.3 is 10.2 Å². The summed E-state index contributed by atoms with van der Waals surface area (Å²) in [6.07, 6.45) is -1.46. The summed E-state index contributed by atoms with van der Waals surface area (Å²) in [5.74, 6) is -1.24. The second-order valence-electron chi connectivity index (χ2n) is 4.23. The van der Waals surface area contributed by atoms with Gasteiger partial charge in [-0.05, 0) is 23.6 Å². The number of carbonyl (C=O) groups is 1.